The van der Waals surface area contributed by atoms with Crippen molar-refractivity contribution in [2.75, 3.05) is 27.2 Å². The van der Waals surface area contributed by atoms with Crippen LogP contribution in [0.3, 0.4) is 0 Å². The van der Waals surface area contributed by atoms with Crippen LogP contribution in [0.5, 0.6) is 5.75 Å². The molecule has 33 heavy (non-hydrogen) atoms. The highest BCUT2D eigenvalue weighted by atomic mass is 35.5. The zero-order valence-electron chi connectivity index (χ0n) is 19.8. The van der Waals surface area contributed by atoms with Gasteiger partial charge in [0.05, 0.1) is 17.7 Å². The zero-order valence-corrected chi connectivity index (χ0v) is 20.5. The number of hydrogen-bond acceptors (Lipinski definition) is 5. The van der Waals surface area contributed by atoms with E-state index in [1.54, 1.807) is 47.4 Å². The minimum absolute atomic E-state index is 0.0144. The van der Waals surface area contributed by atoms with E-state index >= 15 is 0 Å². The summed E-state index contributed by atoms with van der Waals surface area (Å²) in [7, 11) is 3.92. The first-order chi connectivity index (χ1) is 15.6. The minimum Gasteiger partial charge on any atom is -0.507 e. The molecule has 1 aliphatic heterocycles. The van der Waals surface area contributed by atoms with Crippen molar-refractivity contribution in [2.45, 2.75) is 39.3 Å². The van der Waals surface area contributed by atoms with Gasteiger partial charge >= 0.3 is 0 Å². The predicted octanol–water partition coefficient (Wildman–Crippen LogP) is 4.81. The van der Waals surface area contributed by atoms with E-state index in [1.165, 1.54) is 0 Å². The maximum Gasteiger partial charge on any atom is 0.295 e. The minimum atomic E-state index is -0.684. The number of aliphatic hydroxyl groups is 1. The number of halogens is 1. The van der Waals surface area contributed by atoms with Crippen LogP contribution in [-0.2, 0) is 9.59 Å². The SMILES string of the molecule is Cc1cc(/C(O)=C2\C(=O)C(=O)N(CCCN(C)C)[C@@H]2c2ccc(Cl)cc2)ccc1OC(C)C. The van der Waals surface area contributed by atoms with Gasteiger partial charge in [0.1, 0.15) is 11.5 Å². The molecular formula is C26H31ClN2O4. The molecule has 1 amide bonds. The number of ketones is 1. The van der Waals surface area contributed by atoms with Gasteiger partial charge in [-0.15, -0.1) is 0 Å². The number of aryl methyl sites for hydroxylation is 1. The van der Waals surface area contributed by atoms with Crippen LogP contribution in [0.15, 0.2) is 48.0 Å². The Bertz CT molecular complexity index is 1060. The maximum absolute atomic E-state index is 13.1. The average molecular weight is 471 g/mol. The van der Waals surface area contributed by atoms with Gasteiger partial charge in [-0.3, -0.25) is 9.59 Å². The second-order valence-corrected chi connectivity index (χ2v) is 9.28. The topological polar surface area (TPSA) is 70.1 Å². The molecule has 1 saturated heterocycles. The normalized spacial score (nSPS) is 17.9. The Morgan fingerprint density at radius 3 is 2.39 bits per heavy atom. The number of carbonyl (C=O) groups excluding carboxylic acids is 2. The Hall–Kier alpha value is -2.83. The Kier molecular flexibility index (Phi) is 7.82. The standard InChI is InChI=1S/C26H31ClN2O4/c1-16(2)33-21-12-9-19(15-17(21)3)24(30)22-23(18-7-10-20(27)11-8-18)29(26(32)25(22)31)14-6-13-28(4)5/h7-12,15-16,23,30H,6,13-14H2,1-5H3/b24-22+/t23-/m1/s1. The van der Waals surface area contributed by atoms with Crippen molar-refractivity contribution in [3.8, 4) is 5.75 Å². The van der Waals surface area contributed by atoms with Crippen molar-refractivity contribution in [3.05, 3.63) is 69.8 Å². The number of hydrogen-bond donors (Lipinski definition) is 1. The van der Waals surface area contributed by atoms with Crippen LogP contribution in [0.2, 0.25) is 5.02 Å². The van der Waals surface area contributed by atoms with E-state index in [9.17, 15) is 14.7 Å². The summed E-state index contributed by atoms with van der Waals surface area (Å²) in [6.07, 6.45) is 0.713. The summed E-state index contributed by atoms with van der Waals surface area (Å²) in [5.41, 5.74) is 2.11. The lowest BCUT2D eigenvalue weighted by molar-refractivity contribution is -0.139. The lowest BCUT2D eigenvalue weighted by Gasteiger charge is -2.26. The summed E-state index contributed by atoms with van der Waals surface area (Å²) in [5, 5.41) is 11.8. The van der Waals surface area contributed by atoms with Crippen molar-refractivity contribution < 1.29 is 19.4 Å². The van der Waals surface area contributed by atoms with E-state index in [4.69, 9.17) is 16.3 Å². The molecule has 0 spiro atoms. The van der Waals surface area contributed by atoms with Gasteiger partial charge in [-0.2, -0.15) is 0 Å². The molecule has 1 fully saturated rings. The van der Waals surface area contributed by atoms with Crippen LogP contribution in [-0.4, -0.2) is 59.9 Å². The first kappa shape index (κ1) is 24.8. The molecule has 7 heteroatoms. The molecule has 0 radical (unpaired) electrons. The largest absolute Gasteiger partial charge is 0.507 e. The van der Waals surface area contributed by atoms with Gasteiger partial charge in [-0.25, -0.2) is 0 Å². The number of ether oxygens (including phenoxy) is 1. The number of carbonyl (C=O) groups is 2. The lowest BCUT2D eigenvalue weighted by Crippen LogP contribution is -2.32. The molecule has 0 bridgehead atoms. The Morgan fingerprint density at radius 2 is 1.82 bits per heavy atom. The average Bonchev–Trinajstić information content (AvgIpc) is 2.99. The van der Waals surface area contributed by atoms with E-state index in [2.05, 4.69) is 0 Å². The molecule has 2 aromatic rings. The van der Waals surface area contributed by atoms with Crippen LogP contribution < -0.4 is 4.74 Å². The van der Waals surface area contributed by atoms with Crippen molar-refractivity contribution in [1.82, 2.24) is 9.80 Å². The highest BCUT2D eigenvalue weighted by molar-refractivity contribution is 6.46. The molecular weight excluding hydrogens is 440 g/mol. The second-order valence-electron chi connectivity index (χ2n) is 8.85. The van der Waals surface area contributed by atoms with Crippen LogP contribution in [0.1, 0.15) is 43.0 Å². The summed E-state index contributed by atoms with van der Waals surface area (Å²) < 4.78 is 5.78. The summed E-state index contributed by atoms with van der Waals surface area (Å²) in [6, 6.07) is 11.6. The van der Waals surface area contributed by atoms with Crippen LogP contribution >= 0.6 is 11.6 Å². The van der Waals surface area contributed by atoms with Gasteiger partial charge in [-0.05, 0) is 89.3 Å². The van der Waals surface area contributed by atoms with Crippen LogP contribution in [0, 0.1) is 6.92 Å². The first-order valence-corrected chi connectivity index (χ1v) is 11.4. The number of rotatable bonds is 8. The third-order valence-corrected chi connectivity index (χ3v) is 5.79. The van der Waals surface area contributed by atoms with Crippen molar-refractivity contribution in [2.24, 2.45) is 0 Å². The van der Waals surface area contributed by atoms with Crippen molar-refractivity contribution in [1.29, 1.82) is 0 Å². The molecule has 1 atom stereocenters. The summed E-state index contributed by atoms with van der Waals surface area (Å²) in [5.74, 6) is -0.772. The molecule has 1 heterocycles. The fourth-order valence-electron chi connectivity index (χ4n) is 4.00. The van der Waals surface area contributed by atoms with E-state index in [0.717, 1.165) is 17.7 Å². The number of aliphatic hydroxyl groups excluding tert-OH is 1. The number of benzene rings is 2. The second kappa shape index (κ2) is 10.4. The van der Waals surface area contributed by atoms with Gasteiger partial charge in [0, 0.05) is 17.1 Å². The Morgan fingerprint density at radius 1 is 1.15 bits per heavy atom. The highest BCUT2D eigenvalue weighted by Crippen LogP contribution is 2.40. The molecule has 0 aliphatic carbocycles. The Labute approximate surface area is 200 Å². The smallest absolute Gasteiger partial charge is 0.295 e. The van der Waals surface area contributed by atoms with Gasteiger partial charge in [0.25, 0.3) is 11.7 Å². The molecule has 2 aromatic carbocycles. The molecule has 176 valence electrons. The zero-order chi connectivity index (χ0) is 24.3. The quantitative estimate of drug-likeness (QED) is 0.340. The Balaban J connectivity index is 2.07. The number of nitrogens with zero attached hydrogens (tertiary/aromatic N) is 2. The summed E-state index contributed by atoms with van der Waals surface area (Å²) in [4.78, 5) is 29.7. The molecule has 6 nitrogen and oxygen atoms in total. The van der Waals surface area contributed by atoms with Gasteiger partial charge in [0.2, 0.25) is 0 Å². The van der Waals surface area contributed by atoms with Gasteiger partial charge < -0.3 is 19.6 Å². The fourth-order valence-corrected chi connectivity index (χ4v) is 4.12. The summed E-state index contributed by atoms with van der Waals surface area (Å²) >= 11 is 6.07. The molecule has 3 rings (SSSR count). The van der Waals surface area contributed by atoms with E-state index in [0.29, 0.717) is 29.3 Å². The first-order valence-electron chi connectivity index (χ1n) is 11.1. The third kappa shape index (κ3) is 5.57. The molecule has 0 unspecified atom stereocenters. The molecule has 0 aromatic heterocycles. The number of likely N-dealkylation sites (tertiary alicyclic amines) is 1. The number of amides is 1. The highest BCUT2D eigenvalue weighted by Gasteiger charge is 2.45. The van der Waals surface area contributed by atoms with Crippen LogP contribution in [0.25, 0.3) is 5.76 Å². The van der Waals surface area contributed by atoms with E-state index in [1.807, 2.05) is 39.8 Å². The monoisotopic (exact) mass is 470 g/mol. The summed E-state index contributed by atoms with van der Waals surface area (Å²) in [6.45, 7) is 6.93. The fraction of sp³-hybridized carbons (Fsp3) is 0.385. The molecule has 0 saturated carbocycles. The third-order valence-electron chi connectivity index (χ3n) is 5.54. The van der Waals surface area contributed by atoms with Gasteiger partial charge in [-0.1, -0.05) is 23.7 Å². The van der Waals surface area contributed by atoms with Crippen molar-refractivity contribution in [3.63, 3.8) is 0 Å². The maximum atomic E-state index is 13.1. The van der Waals surface area contributed by atoms with Gasteiger partial charge in [0.15, 0.2) is 0 Å². The van der Waals surface area contributed by atoms with E-state index in [-0.39, 0.29) is 17.4 Å². The van der Waals surface area contributed by atoms with E-state index < -0.39 is 17.7 Å². The lowest BCUT2D eigenvalue weighted by atomic mass is 9.94. The molecule has 1 N–H and O–H groups in total. The molecule has 1 aliphatic rings. The predicted molar refractivity (Wildman–Crippen MR) is 131 cm³/mol. The van der Waals surface area contributed by atoms with Crippen molar-refractivity contribution >= 4 is 29.1 Å². The van der Waals surface area contributed by atoms with Crippen LogP contribution in [0.4, 0.5) is 0 Å². The number of Topliss-reactive ketones (excluding diaryl/α,β-unsaturated/α-hetero) is 1.